The van der Waals surface area contributed by atoms with Crippen molar-refractivity contribution in [1.29, 1.82) is 0 Å². The third kappa shape index (κ3) is 4.64. The Balaban J connectivity index is 1.44. The van der Waals surface area contributed by atoms with E-state index in [1.807, 2.05) is 54.6 Å². The van der Waals surface area contributed by atoms with Gasteiger partial charge >= 0.3 is 0 Å². The molecule has 0 aliphatic heterocycles. The molecule has 7 heteroatoms. The van der Waals surface area contributed by atoms with Crippen LogP contribution in [0.1, 0.15) is 21.9 Å². The predicted molar refractivity (Wildman–Crippen MR) is 113 cm³/mol. The molecule has 2 heterocycles. The third-order valence-electron chi connectivity index (χ3n) is 4.43. The maximum atomic E-state index is 12.8. The van der Waals surface area contributed by atoms with Crippen molar-refractivity contribution in [2.45, 2.75) is 6.42 Å². The molecule has 0 bridgehead atoms. The van der Waals surface area contributed by atoms with E-state index in [2.05, 4.69) is 20.6 Å². The number of hydrogen-bond acceptors (Lipinski definition) is 4. The van der Waals surface area contributed by atoms with Crippen LogP contribution in [0, 0.1) is 0 Å². The second kappa shape index (κ2) is 8.91. The summed E-state index contributed by atoms with van der Waals surface area (Å²) in [6, 6.07) is 20.2. The van der Waals surface area contributed by atoms with Gasteiger partial charge in [0.2, 0.25) is 0 Å². The van der Waals surface area contributed by atoms with Crippen molar-refractivity contribution in [1.82, 2.24) is 20.6 Å². The first-order valence-electron chi connectivity index (χ1n) is 9.52. The van der Waals surface area contributed by atoms with Gasteiger partial charge in [0.1, 0.15) is 11.5 Å². The largest absolute Gasteiger partial charge is 0.459 e. The summed E-state index contributed by atoms with van der Waals surface area (Å²) in [6.45, 7) is 0.363. The van der Waals surface area contributed by atoms with Crippen LogP contribution in [0.25, 0.3) is 17.1 Å². The van der Waals surface area contributed by atoms with Crippen LogP contribution in [-0.2, 0) is 11.2 Å². The summed E-state index contributed by atoms with van der Waals surface area (Å²) in [5.74, 6) is 0.0261. The molecule has 0 fully saturated rings. The number of H-pyrrole nitrogens is 1. The first kappa shape index (κ1) is 19.2. The van der Waals surface area contributed by atoms with Gasteiger partial charge in [-0.25, -0.2) is 4.98 Å². The van der Waals surface area contributed by atoms with E-state index >= 15 is 0 Å². The van der Waals surface area contributed by atoms with Crippen LogP contribution in [0.4, 0.5) is 0 Å². The van der Waals surface area contributed by atoms with Crippen LogP contribution < -0.4 is 10.6 Å². The number of imidazole rings is 1. The zero-order valence-electron chi connectivity index (χ0n) is 16.1. The quantitative estimate of drug-likeness (QED) is 0.415. The van der Waals surface area contributed by atoms with Crippen LogP contribution in [-0.4, -0.2) is 28.3 Å². The Morgan fingerprint density at radius 2 is 1.80 bits per heavy atom. The number of carbonyl (C=O) groups is 2. The number of aromatic amines is 1. The molecule has 2 amide bonds. The molecule has 4 rings (SSSR count). The van der Waals surface area contributed by atoms with E-state index in [0.29, 0.717) is 13.0 Å². The molecule has 0 spiro atoms. The van der Waals surface area contributed by atoms with Crippen LogP contribution in [0.2, 0.25) is 0 Å². The van der Waals surface area contributed by atoms with Gasteiger partial charge in [0.05, 0.1) is 17.3 Å². The van der Waals surface area contributed by atoms with Crippen molar-refractivity contribution >= 4 is 28.9 Å². The molecule has 0 saturated heterocycles. The van der Waals surface area contributed by atoms with Crippen LogP contribution in [0.5, 0.6) is 0 Å². The standard InChI is InChI=1S/C23H20N4O3/c28-22(24-13-12-21-25-17-9-4-5-10-18(17)26-21)19(15-16-7-2-1-3-8-16)27-23(29)20-11-6-14-30-20/h1-11,14-15H,12-13H2,(H,24,28)(H,25,26)(H,27,29)/b19-15-. The van der Waals surface area contributed by atoms with E-state index in [4.69, 9.17) is 4.42 Å². The van der Waals surface area contributed by atoms with Crippen molar-refractivity contribution in [3.8, 4) is 0 Å². The Morgan fingerprint density at radius 1 is 1.00 bits per heavy atom. The number of rotatable bonds is 7. The van der Waals surface area contributed by atoms with Crippen molar-refractivity contribution in [2.75, 3.05) is 6.54 Å². The Labute approximate surface area is 172 Å². The number of benzene rings is 2. The van der Waals surface area contributed by atoms with Gasteiger partial charge in [0.15, 0.2) is 5.76 Å². The third-order valence-corrected chi connectivity index (χ3v) is 4.43. The lowest BCUT2D eigenvalue weighted by atomic mass is 10.2. The summed E-state index contributed by atoms with van der Waals surface area (Å²) in [6.07, 6.45) is 3.56. The average molecular weight is 400 g/mol. The van der Waals surface area contributed by atoms with Crippen LogP contribution in [0.15, 0.2) is 83.1 Å². The topological polar surface area (TPSA) is 100 Å². The van der Waals surface area contributed by atoms with Gasteiger partial charge in [0, 0.05) is 13.0 Å². The summed E-state index contributed by atoms with van der Waals surface area (Å²) in [7, 11) is 0. The highest BCUT2D eigenvalue weighted by atomic mass is 16.3. The molecule has 30 heavy (non-hydrogen) atoms. The van der Waals surface area contributed by atoms with Gasteiger partial charge in [-0.1, -0.05) is 42.5 Å². The minimum absolute atomic E-state index is 0.129. The van der Waals surface area contributed by atoms with Crippen molar-refractivity contribution < 1.29 is 14.0 Å². The van der Waals surface area contributed by atoms with Gasteiger partial charge in [-0.05, 0) is 35.9 Å². The van der Waals surface area contributed by atoms with Crippen LogP contribution >= 0.6 is 0 Å². The number of amides is 2. The SMILES string of the molecule is O=C(NCCc1nc2ccccc2[nH]1)/C(=C/c1ccccc1)NC(=O)c1ccco1. The van der Waals surface area contributed by atoms with Crippen LogP contribution in [0.3, 0.4) is 0 Å². The molecule has 0 saturated carbocycles. The highest BCUT2D eigenvalue weighted by Crippen LogP contribution is 2.11. The molecule has 7 nitrogen and oxygen atoms in total. The second-order valence-electron chi connectivity index (χ2n) is 6.61. The predicted octanol–water partition coefficient (Wildman–Crippen LogP) is 3.29. The van der Waals surface area contributed by atoms with Gasteiger partial charge in [0.25, 0.3) is 11.8 Å². The fourth-order valence-corrected chi connectivity index (χ4v) is 2.98. The maximum Gasteiger partial charge on any atom is 0.291 e. The van der Waals surface area contributed by atoms with E-state index in [1.54, 1.807) is 12.1 Å². The molecular formula is C23H20N4O3. The zero-order valence-corrected chi connectivity index (χ0v) is 16.1. The highest BCUT2D eigenvalue weighted by Gasteiger charge is 2.16. The van der Waals surface area contributed by atoms with E-state index < -0.39 is 11.8 Å². The van der Waals surface area contributed by atoms with Gasteiger partial charge in [-0.15, -0.1) is 0 Å². The maximum absolute atomic E-state index is 12.8. The van der Waals surface area contributed by atoms with E-state index in [9.17, 15) is 9.59 Å². The number of aromatic nitrogens is 2. The molecule has 150 valence electrons. The van der Waals surface area contributed by atoms with E-state index in [0.717, 1.165) is 22.4 Å². The monoisotopic (exact) mass is 400 g/mol. The lowest BCUT2D eigenvalue weighted by molar-refractivity contribution is -0.117. The average Bonchev–Trinajstić information content (AvgIpc) is 3.43. The van der Waals surface area contributed by atoms with Gasteiger partial charge in [-0.2, -0.15) is 0 Å². The number of furan rings is 1. The van der Waals surface area contributed by atoms with Gasteiger partial charge in [-0.3, -0.25) is 9.59 Å². The Bertz CT molecular complexity index is 1140. The van der Waals surface area contributed by atoms with E-state index in [1.165, 1.54) is 12.3 Å². The molecule has 0 aliphatic rings. The minimum atomic E-state index is -0.491. The number of nitrogens with zero attached hydrogens (tertiary/aromatic N) is 1. The number of fused-ring (bicyclic) bond motifs is 1. The summed E-state index contributed by atoms with van der Waals surface area (Å²) >= 11 is 0. The highest BCUT2D eigenvalue weighted by molar-refractivity contribution is 6.04. The number of para-hydroxylation sites is 2. The molecule has 4 aromatic rings. The fourth-order valence-electron chi connectivity index (χ4n) is 2.98. The van der Waals surface area contributed by atoms with Crippen molar-refractivity contribution in [3.63, 3.8) is 0 Å². The molecule has 2 aromatic carbocycles. The Morgan fingerprint density at radius 3 is 2.57 bits per heavy atom. The normalized spacial score (nSPS) is 11.4. The number of hydrogen-bond donors (Lipinski definition) is 3. The number of nitrogens with one attached hydrogen (secondary N) is 3. The molecule has 3 N–H and O–H groups in total. The van der Waals surface area contributed by atoms with Crippen molar-refractivity contribution in [3.05, 3.63) is 95.8 Å². The molecule has 0 atom stereocenters. The summed E-state index contributed by atoms with van der Waals surface area (Å²) < 4.78 is 5.11. The summed E-state index contributed by atoms with van der Waals surface area (Å²) in [5, 5.41) is 5.46. The fraction of sp³-hybridized carbons (Fsp3) is 0.0870. The molecule has 0 aliphatic carbocycles. The molecule has 2 aromatic heterocycles. The Hall–Kier alpha value is -4.13. The molecular weight excluding hydrogens is 380 g/mol. The minimum Gasteiger partial charge on any atom is -0.459 e. The summed E-state index contributed by atoms with van der Waals surface area (Å²) in [5.41, 5.74) is 2.76. The Kier molecular flexibility index (Phi) is 5.70. The lowest BCUT2D eigenvalue weighted by Crippen LogP contribution is -2.35. The lowest BCUT2D eigenvalue weighted by Gasteiger charge is -2.10. The molecule has 0 unspecified atom stereocenters. The second-order valence-corrected chi connectivity index (χ2v) is 6.61. The smallest absolute Gasteiger partial charge is 0.291 e. The van der Waals surface area contributed by atoms with Gasteiger partial charge < -0.3 is 20.0 Å². The van der Waals surface area contributed by atoms with Crippen molar-refractivity contribution in [2.24, 2.45) is 0 Å². The molecule has 0 radical (unpaired) electrons. The first-order chi connectivity index (χ1) is 14.7. The number of carbonyl (C=O) groups excluding carboxylic acids is 2. The zero-order chi connectivity index (χ0) is 20.8. The first-order valence-corrected chi connectivity index (χ1v) is 9.52. The summed E-state index contributed by atoms with van der Waals surface area (Å²) in [4.78, 5) is 32.9. The van der Waals surface area contributed by atoms with E-state index in [-0.39, 0.29) is 11.5 Å².